The molecule has 7 heteroatoms. The number of amides is 1. The van der Waals surface area contributed by atoms with Gasteiger partial charge < -0.3 is 9.47 Å². The number of aryl methyl sites for hydroxylation is 1. The molecular weight excluding hydrogens is 363 g/mol. The lowest BCUT2D eigenvalue weighted by Crippen LogP contribution is -2.32. The zero-order valence-electron chi connectivity index (χ0n) is 15.5. The second-order valence-corrected chi connectivity index (χ2v) is 7.03. The monoisotopic (exact) mass is 384 g/mol. The van der Waals surface area contributed by atoms with Crippen LogP contribution in [0.5, 0.6) is 0 Å². The quantitative estimate of drug-likeness (QED) is 0.601. The van der Waals surface area contributed by atoms with E-state index in [2.05, 4.69) is 10.2 Å². The summed E-state index contributed by atoms with van der Waals surface area (Å²) in [6.07, 6.45) is 0. The molecule has 1 amide bonds. The van der Waals surface area contributed by atoms with Gasteiger partial charge in [0, 0.05) is 24.8 Å². The highest BCUT2D eigenvalue weighted by Crippen LogP contribution is 2.25. The molecule has 0 unspecified atom stereocenters. The Balaban J connectivity index is 1.72. The summed E-state index contributed by atoms with van der Waals surface area (Å²) in [6.45, 7) is 4.44. The van der Waals surface area contributed by atoms with E-state index in [0.29, 0.717) is 17.4 Å². The van der Waals surface area contributed by atoms with Crippen LogP contribution >= 0.6 is 11.8 Å². The van der Waals surface area contributed by atoms with Crippen LogP contribution in [0.25, 0.3) is 11.4 Å². The van der Waals surface area contributed by atoms with E-state index in [0.717, 1.165) is 17.0 Å². The van der Waals surface area contributed by atoms with Gasteiger partial charge in [0.15, 0.2) is 11.0 Å². The number of carbonyl (C=O) groups is 1. The Kier molecular flexibility index (Phi) is 5.91. The number of halogens is 1. The van der Waals surface area contributed by atoms with Gasteiger partial charge in [-0.1, -0.05) is 36.0 Å². The van der Waals surface area contributed by atoms with Crippen LogP contribution in [0.3, 0.4) is 0 Å². The van der Waals surface area contributed by atoms with E-state index in [4.69, 9.17) is 0 Å². The fraction of sp³-hybridized carbons (Fsp3) is 0.250. The molecule has 0 N–H and O–H groups in total. The standard InChI is InChI=1S/C20H21FN4OS/c1-4-25(16-11-9-15(21)10-12-16)18(26)13-27-20-23-22-19(24(20)3)17-8-6-5-7-14(17)2/h5-12H,4,13H2,1-3H3. The topological polar surface area (TPSA) is 51.0 Å². The molecule has 0 radical (unpaired) electrons. The van der Waals surface area contributed by atoms with E-state index in [1.54, 1.807) is 17.0 Å². The maximum Gasteiger partial charge on any atom is 0.237 e. The molecular formula is C20H21FN4OS. The third kappa shape index (κ3) is 4.19. The molecule has 1 heterocycles. The molecule has 140 valence electrons. The average Bonchev–Trinajstić information content (AvgIpc) is 3.03. The van der Waals surface area contributed by atoms with E-state index in [-0.39, 0.29) is 17.5 Å². The predicted molar refractivity (Wildman–Crippen MR) is 106 cm³/mol. The zero-order valence-corrected chi connectivity index (χ0v) is 16.3. The van der Waals surface area contributed by atoms with Crippen molar-refractivity contribution >= 4 is 23.4 Å². The molecule has 3 rings (SSSR count). The van der Waals surface area contributed by atoms with Gasteiger partial charge >= 0.3 is 0 Å². The van der Waals surface area contributed by atoms with Crippen LogP contribution in [0.15, 0.2) is 53.7 Å². The third-order valence-electron chi connectivity index (χ3n) is 4.30. The molecule has 0 aliphatic carbocycles. The second kappa shape index (κ2) is 8.35. The summed E-state index contributed by atoms with van der Waals surface area (Å²) in [5.74, 6) is 0.619. The summed E-state index contributed by atoms with van der Waals surface area (Å²) in [5, 5.41) is 9.19. The Morgan fingerprint density at radius 1 is 1.15 bits per heavy atom. The molecule has 0 spiro atoms. The van der Waals surface area contributed by atoms with Crippen LogP contribution in [0.1, 0.15) is 12.5 Å². The van der Waals surface area contributed by atoms with Gasteiger partial charge in [-0.3, -0.25) is 4.79 Å². The van der Waals surface area contributed by atoms with Crippen molar-refractivity contribution in [2.45, 2.75) is 19.0 Å². The van der Waals surface area contributed by atoms with E-state index in [1.165, 1.54) is 23.9 Å². The summed E-state index contributed by atoms with van der Waals surface area (Å²) >= 11 is 1.34. The minimum Gasteiger partial charge on any atom is -0.312 e. The van der Waals surface area contributed by atoms with Crippen LogP contribution in [0, 0.1) is 12.7 Å². The van der Waals surface area contributed by atoms with Crippen molar-refractivity contribution in [3.63, 3.8) is 0 Å². The van der Waals surface area contributed by atoms with Crippen molar-refractivity contribution in [2.24, 2.45) is 7.05 Å². The summed E-state index contributed by atoms with van der Waals surface area (Å²) < 4.78 is 15.0. The van der Waals surface area contributed by atoms with Gasteiger partial charge in [-0.15, -0.1) is 10.2 Å². The Bertz CT molecular complexity index is 939. The molecule has 0 fully saturated rings. The molecule has 0 aliphatic heterocycles. The first-order chi connectivity index (χ1) is 13.0. The van der Waals surface area contributed by atoms with Gasteiger partial charge in [-0.2, -0.15) is 0 Å². The van der Waals surface area contributed by atoms with Gasteiger partial charge in [0.05, 0.1) is 5.75 Å². The molecule has 27 heavy (non-hydrogen) atoms. The Hall–Kier alpha value is -2.67. The van der Waals surface area contributed by atoms with E-state index in [9.17, 15) is 9.18 Å². The first kappa shape index (κ1) is 19.1. The summed E-state index contributed by atoms with van der Waals surface area (Å²) in [6, 6.07) is 13.9. The van der Waals surface area contributed by atoms with Gasteiger partial charge in [0.1, 0.15) is 5.82 Å². The van der Waals surface area contributed by atoms with Crippen LogP contribution in [0.2, 0.25) is 0 Å². The van der Waals surface area contributed by atoms with Crippen LogP contribution in [0.4, 0.5) is 10.1 Å². The lowest BCUT2D eigenvalue weighted by Gasteiger charge is -2.20. The van der Waals surface area contributed by atoms with Gasteiger partial charge in [-0.05, 0) is 43.7 Å². The van der Waals surface area contributed by atoms with Crippen molar-refractivity contribution in [1.82, 2.24) is 14.8 Å². The first-order valence-electron chi connectivity index (χ1n) is 8.65. The first-order valence-corrected chi connectivity index (χ1v) is 9.64. The Morgan fingerprint density at radius 3 is 2.52 bits per heavy atom. The smallest absolute Gasteiger partial charge is 0.237 e. The van der Waals surface area contributed by atoms with Crippen LogP contribution in [-0.4, -0.2) is 33.0 Å². The number of aromatic nitrogens is 3. The van der Waals surface area contributed by atoms with Crippen LogP contribution < -0.4 is 4.90 Å². The lowest BCUT2D eigenvalue weighted by molar-refractivity contribution is -0.116. The molecule has 2 aromatic carbocycles. The summed E-state index contributed by atoms with van der Waals surface area (Å²) in [5.41, 5.74) is 2.82. The van der Waals surface area contributed by atoms with Gasteiger partial charge in [-0.25, -0.2) is 4.39 Å². The molecule has 0 bridgehead atoms. The van der Waals surface area contributed by atoms with Crippen molar-refractivity contribution < 1.29 is 9.18 Å². The number of hydrogen-bond donors (Lipinski definition) is 0. The molecule has 5 nitrogen and oxygen atoms in total. The highest BCUT2D eigenvalue weighted by molar-refractivity contribution is 7.99. The van der Waals surface area contributed by atoms with Crippen molar-refractivity contribution in [1.29, 1.82) is 0 Å². The van der Waals surface area contributed by atoms with Gasteiger partial charge in [0.25, 0.3) is 0 Å². The Morgan fingerprint density at radius 2 is 1.85 bits per heavy atom. The highest BCUT2D eigenvalue weighted by Gasteiger charge is 2.18. The minimum atomic E-state index is -0.320. The van der Waals surface area contributed by atoms with Crippen LogP contribution in [-0.2, 0) is 11.8 Å². The summed E-state index contributed by atoms with van der Waals surface area (Å²) in [7, 11) is 1.89. The highest BCUT2D eigenvalue weighted by atomic mass is 32.2. The number of anilines is 1. The largest absolute Gasteiger partial charge is 0.312 e. The van der Waals surface area contributed by atoms with Crippen molar-refractivity contribution in [3.8, 4) is 11.4 Å². The maximum absolute atomic E-state index is 13.1. The SMILES string of the molecule is CCN(C(=O)CSc1nnc(-c2ccccc2C)n1C)c1ccc(F)cc1. The molecule has 0 atom stereocenters. The molecule has 3 aromatic rings. The number of thioether (sulfide) groups is 1. The number of rotatable bonds is 6. The number of carbonyl (C=O) groups excluding carboxylic acids is 1. The van der Waals surface area contributed by atoms with Gasteiger partial charge in [0.2, 0.25) is 5.91 Å². The minimum absolute atomic E-state index is 0.0606. The number of nitrogens with zero attached hydrogens (tertiary/aromatic N) is 4. The van der Waals surface area contributed by atoms with E-state index < -0.39 is 0 Å². The molecule has 0 saturated heterocycles. The second-order valence-electron chi connectivity index (χ2n) is 6.08. The van der Waals surface area contributed by atoms with Crippen molar-refractivity contribution in [3.05, 3.63) is 59.9 Å². The van der Waals surface area contributed by atoms with E-state index in [1.807, 2.05) is 49.7 Å². The molecule has 1 aromatic heterocycles. The van der Waals surface area contributed by atoms with E-state index >= 15 is 0 Å². The fourth-order valence-electron chi connectivity index (χ4n) is 2.83. The van der Waals surface area contributed by atoms with Crippen molar-refractivity contribution in [2.75, 3.05) is 17.2 Å². The fourth-order valence-corrected chi connectivity index (χ4v) is 3.61. The Labute approximate surface area is 162 Å². The number of hydrogen-bond acceptors (Lipinski definition) is 4. The molecule has 0 saturated carbocycles. The molecule has 0 aliphatic rings. The average molecular weight is 384 g/mol. The normalized spacial score (nSPS) is 10.8. The lowest BCUT2D eigenvalue weighted by atomic mass is 10.1. The maximum atomic E-state index is 13.1. The number of benzene rings is 2. The zero-order chi connectivity index (χ0) is 19.4. The summed E-state index contributed by atoms with van der Waals surface area (Å²) in [4.78, 5) is 14.3. The predicted octanol–water partition coefficient (Wildman–Crippen LogP) is 4.07. The third-order valence-corrected chi connectivity index (χ3v) is 5.31.